The molecule has 2 aromatic heterocycles. The predicted molar refractivity (Wildman–Crippen MR) is 124 cm³/mol. The number of ketones is 1. The number of anilines is 1. The first-order valence-corrected chi connectivity index (χ1v) is 10.6. The van der Waals surface area contributed by atoms with E-state index in [1.54, 1.807) is 24.5 Å². The van der Waals surface area contributed by atoms with Crippen molar-refractivity contribution >= 4 is 22.5 Å². The molecule has 1 aromatic carbocycles. The summed E-state index contributed by atoms with van der Waals surface area (Å²) in [6, 6.07) is 10.9. The number of aliphatic hydroxyl groups excluding tert-OH is 1. The van der Waals surface area contributed by atoms with Gasteiger partial charge in [0.2, 0.25) is 0 Å². The summed E-state index contributed by atoms with van der Waals surface area (Å²) in [6.45, 7) is 6.50. The molecule has 0 spiro atoms. The molecule has 0 aliphatic carbocycles. The molecule has 0 fully saturated rings. The molecule has 2 heterocycles. The Kier molecular flexibility index (Phi) is 7.71. The maximum absolute atomic E-state index is 12.5. The van der Waals surface area contributed by atoms with Crippen LogP contribution in [0.2, 0.25) is 0 Å². The molecule has 160 valence electrons. The maximum atomic E-state index is 12.5. The van der Waals surface area contributed by atoms with Gasteiger partial charge >= 0.3 is 0 Å². The molecule has 0 aliphatic rings. The molecular weight excluding hydrogens is 388 g/mol. The molecule has 3 rings (SSSR count). The van der Waals surface area contributed by atoms with Gasteiger partial charge in [0.25, 0.3) is 0 Å². The minimum absolute atomic E-state index is 0.0183. The molecule has 0 bridgehead atoms. The van der Waals surface area contributed by atoms with Gasteiger partial charge in [0, 0.05) is 41.9 Å². The summed E-state index contributed by atoms with van der Waals surface area (Å²) in [5, 5.41) is 11.0. The van der Waals surface area contributed by atoms with E-state index in [1.165, 1.54) is 0 Å². The first-order chi connectivity index (χ1) is 15.0. The minimum Gasteiger partial charge on any atom is -0.392 e. The van der Waals surface area contributed by atoms with Crippen LogP contribution >= 0.6 is 0 Å². The van der Waals surface area contributed by atoms with Gasteiger partial charge in [-0.3, -0.25) is 9.78 Å². The molecule has 3 aromatic rings. The van der Waals surface area contributed by atoms with Crippen LogP contribution in [0, 0.1) is 11.8 Å². The lowest BCUT2D eigenvalue weighted by Crippen LogP contribution is -2.32. The van der Waals surface area contributed by atoms with Gasteiger partial charge in [-0.25, -0.2) is 4.98 Å². The van der Waals surface area contributed by atoms with Gasteiger partial charge < -0.3 is 15.7 Å². The second-order valence-corrected chi connectivity index (χ2v) is 7.39. The highest BCUT2D eigenvalue weighted by atomic mass is 16.3. The first-order valence-electron chi connectivity index (χ1n) is 10.6. The number of nitrogens with zero attached hydrogens (tertiary/aromatic N) is 3. The van der Waals surface area contributed by atoms with Gasteiger partial charge in [-0.2, -0.15) is 0 Å². The highest BCUT2D eigenvalue weighted by Crippen LogP contribution is 2.19. The van der Waals surface area contributed by atoms with Crippen LogP contribution < -0.4 is 5.73 Å². The van der Waals surface area contributed by atoms with E-state index >= 15 is 0 Å². The van der Waals surface area contributed by atoms with Crippen LogP contribution in [0.3, 0.4) is 0 Å². The van der Waals surface area contributed by atoms with E-state index in [0.717, 1.165) is 29.6 Å². The van der Waals surface area contributed by atoms with Gasteiger partial charge in [0.15, 0.2) is 5.78 Å². The fourth-order valence-corrected chi connectivity index (χ4v) is 3.37. The number of Topliss-reactive ketones (excluding diaryl/α,β-unsaturated/α-hetero) is 1. The number of hydrogen-bond acceptors (Lipinski definition) is 6. The van der Waals surface area contributed by atoms with Crippen LogP contribution in [-0.2, 0) is 0 Å². The zero-order valence-corrected chi connectivity index (χ0v) is 18.0. The molecule has 6 heteroatoms. The van der Waals surface area contributed by atoms with Crippen LogP contribution in [0.5, 0.6) is 0 Å². The van der Waals surface area contributed by atoms with Gasteiger partial charge in [-0.15, -0.1) is 0 Å². The number of aromatic nitrogens is 2. The molecule has 0 saturated heterocycles. The summed E-state index contributed by atoms with van der Waals surface area (Å²) in [5.74, 6) is 6.51. The molecule has 1 atom stereocenters. The minimum atomic E-state index is -0.498. The van der Waals surface area contributed by atoms with Gasteiger partial charge in [0.1, 0.15) is 5.82 Å². The van der Waals surface area contributed by atoms with Crippen molar-refractivity contribution in [3.05, 3.63) is 65.5 Å². The molecular formula is C25H28N4O2. The summed E-state index contributed by atoms with van der Waals surface area (Å²) < 4.78 is 0. The molecule has 1 unspecified atom stereocenters. The number of hydrogen-bond donors (Lipinski definition) is 2. The highest BCUT2D eigenvalue weighted by Gasteiger charge is 2.12. The number of nitrogen functional groups attached to an aromatic ring is 1. The highest BCUT2D eigenvalue weighted by molar-refractivity contribution is 5.96. The van der Waals surface area contributed by atoms with Crippen LogP contribution in [0.1, 0.15) is 48.2 Å². The number of likely N-dealkylation sites (N-methyl/N-ethyl adjacent to an activating group) is 1. The second kappa shape index (κ2) is 10.7. The van der Waals surface area contributed by atoms with E-state index in [2.05, 4.69) is 40.6 Å². The Morgan fingerprint density at radius 2 is 1.87 bits per heavy atom. The standard InChI is InChI=1S/C25H28N4O2/c1-3-29(4-2)17-21(30)12-14-23(31)19-10-7-18(8-11-19)9-13-22-24-20(6-5-15-27-24)16-28-25(22)26/h5-8,10-11,15-16,21,30H,3-4,12,14,17H2,1-2H3,(H2,26,28). The second-order valence-electron chi connectivity index (χ2n) is 7.39. The number of nitrogens with two attached hydrogens (primary N) is 1. The molecule has 31 heavy (non-hydrogen) atoms. The monoisotopic (exact) mass is 416 g/mol. The first kappa shape index (κ1) is 22.4. The lowest BCUT2D eigenvalue weighted by Gasteiger charge is -2.21. The molecule has 0 amide bonds. The van der Waals surface area contributed by atoms with Gasteiger partial charge in [0.05, 0.1) is 17.2 Å². The number of fused-ring (bicyclic) bond motifs is 1. The summed E-state index contributed by atoms with van der Waals surface area (Å²) in [4.78, 5) is 23.2. The van der Waals surface area contributed by atoms with Crippen LogP contribution in [0.4, 0.5) is 5.82 Å². The average molecular weight is 417 g/mol. The van der Waals surface area contributed by atoms with Crippen LogP contribution in [-0.4, -0.2) is 51.5 Å². The van der Waals surface area contributed by atoms with Crippen molar-refractivity contribution in [2.75, 3.05) is 25.4 Å². The summed E-state index contributed by atoms with van der Waals surface area (Å²) in [7, 11) is 0. The van der Waals surface area contributed by atoms with Crippen molar-refractivity contribution in [1.82, 2.24) is 14.9 Å². The topological polar surface area (TPSA) is 92.3 Å². The van der Waals surface area contributed by atoms with E-state index in [0.29, 0.717) is 36.3 Å². The number of rotatable bonds is 8. The Morgan fingerprint density at radius 1 is 1.13 bits per heavy atom. The van der Waals surface area contributed by atoms with E-state index < -0.39 is 6.10 Å². The Balaban J connectivity index is 1.65. The lowest BCUT2D eigenvalue weighted by atomic mass is 10.0. The molecule has 0 radical (unpaired) electrons. The normalized spacial score (nSPS) is 11.9. The number of pyridine rings is 2. The summed E-state index contributed by atoms with van der Waals surface area (Å²) in [5.41, 5.74) is 8.70. The van der Waals surface area contributed by atoms with Crippen molar-refractivity contribution in [3.63, 3.8) is 0 Å². The number of carbonyl (C=O) groups is 1. The zero-order chi connectivity index (χ0) is 22.2. The van der Waals surface area contributed by atoms with Crippen molar-refractivity contribution in [3.8, 4) is 11.8 Å². The number of aliphatic hydroxyl groups is 1. The van der Waals surface area contributed by atoms with Crippen molar-refractivity contribution in [1.29, 1.82) is 0 Å². The Labute approximate surface area is 183 Å². The Morgan fingerprint density at radius 3 is 2.58 bits per heavy atom. The van der Waals surface area contributed by atoms with Crippen molar-refractivity contribution < 1.29 is 9.90 Å². The third kappa shape index (κ3) is 5.88. The molecule has 0 aliphatic heterocycles. The Hall–Kier alpha value is -3.27. The van der Waals surface area contributed by atoms with Crippen molar-refractivity contribution in [2.45, 2.75) is 32.8 Å². The fraction of sp³-hybridized carbons (Fsp3) is 0.320. The van der Waals surface area contributed by atoms with Crippen molar-refractivity contribution in [2.24, 2.45) is 0 Å². The fourth-order valence-electron chi connectivity index (χ4n) is 3.37. The van der Waals surface area contributed by atoms with Gasteiger partial charge in [-0.1, -0.05) is 37.8 Å². The summed E-state index contributed by atoms with van der Waals surface area (Å²) >= 11 is 0. The van der Waals surface area contributed by atoms with E-state index in [4.69, 9.17) is 5.73 Å². The third-order valence-electron chi connectivity index (χ3n) is 5.28. The molecule has 3 N–H and O–H groups in total. The number of benzene rings is 1. The van der Waals surface area contributed by atoms with Gasteiger partial charge in [-0.05, 0) is 43.8 Å². The lowest BCUT2D eigenvalue weighted by molar-refractivity contribution is 0.0877. The SMILES string of the molecule is CCN(CC)CC(O)CCC(=O)c1ccc(C#Cc2c(N)ncc3cccnc23)cc1. The van der Waals surface area contributed by atoms with Crippen LogP contribution in [0.25, 0.3) is 10.9 Å². The maximum Gasteiger partial charge on any atom is 0.162 e. The van der Waals surface area contributed by atoms with E-state index in [1.807, 2.05) is 24.3 Å². The summed E-state index contributed by atoms with van der Waals surface area (Å²) in [6.07, 6.45) is 3.66. The van der Waals surface area contributed by atoms with Crippen LogP contribution in [0.15, 0.2) is 48.8 Å². The zero-order valence-electron chi connectivity index (χ0n) is 18.0. The third-order valence-corrected chi connectivity index (χ3v) is 5.28. The number of carbonyl (C=O) groups excluding carboxylic acids is 1. The predicted octanol–water partition coefficient (Wildman–Crippen LogP) is 3.28. The van der Waals surface area contributed by atoms with E-state index in [9.17, 15) is 9.90 Å². The molecule has 0 saturated carbocycles. The molecule has 6 nitrogen and oxygen atoms in total. The van der Waals surface area contributed by atoms with E-state index in [-0.39, 0.29) is 5.78 Å². The quantitative estimate of drug-likeness (QED) is 0.432. The average Bonchev–Trinajstić information content (AvgIpc) is 2.80. The smallest absolute Gasteiger partial charge is 0.162 e. The largest absolute Gasteiger partial charge is 0.392 e. The Bertz CT molecular complexity index is 1100.